The summed E-state index contributed by atoms with van der Waals surface area (Å²) in [7, 11) is 0. The number of amidine groups is 1. The van der Waals surface area contributed by atoms with Gasteiger partial charge in [0.05, 0.1) is 0 Å². The van der Waals surface area contributed by atoms with Gasteiger partial charge >= 0.3 is 0 Å². The Kier molecular flexibility index (Phi) is 8.62. The quantitative estimate of drug-likeness (QED) is 0.459. The van der Waals surface area contributed by atoms with Crippen LogP contribution in [0.25, 0.3) is 0 Å². The van der Waals surface area contributed by atoms with E-state index in [1.807, 2.05) is 0 Å². The van der Waals surface area contributed by atoms with Crippen LogP contribution >= 0.6 is 0 Å². The van der Waals surface area contributed by atoms with E-state index < -0.39 is 0 Å². The number of hydrogen-bond acceptors (Lipinski definition) is 1. The molecule has 0 aromatic heterocycles. The summed E-state index contributed by atoms with van der Waals surface area (Å²) in [6, 6.07) is 0. The Bertz CT molecular complexity index is 256. The third-order valence-corrected chi connectivity index (χ3v) is 3.66. The molecule has 1 aliphatic heterocycles. The molecule has 1 heterocycles. The third-order valence-electron chi connectivity index (χ3n) is 3.66. The first-order valence-electron chi connectivity index (χ1n) is 7.78. The Balaban J connectivity index is 1.83. The molecule has 2 nitrogen and oxygen atoms in total. The highest BCUT2D eigenvalue weighted by Gasteiger charge is 2.11. The maximum Gasteiger partial charge on any atom is 0.131 e. The molecule has 1 aliphatic rings. The van der Waals surface area contributed by atoms with Crippen molar-refractivity contribution in [1.82, 2.24) is 5.32 Å². The summed E-state index contributed by atoms with van der Waals surface area (Å²) in [5.74, 6) is 1.55. The van der Waals surface area contributed by atoms with Gasteiger partial charge in [-0.1, -0.05) is 71.6 Å². The number of hydrogen-bond donors (Lipinski definition) is 0. The van der Waals surface area contributed by atoms with E-state index >= 15 is 0 Å². The molecule has 1 radical (unpaired) electrons. The summed E-state index contributed by atoms with van der Waals surface area (Å²) in [4.78, 5) is 4.26. The van der Waals surface area contributed by atoms with E-state index in [1.165, 1.54) is 64.2 Å². The van der Waals surface area contributed by atoms with Crippen molar-refractivity contribution < 1.29 is 0 Å². The van der Waals surface area contributed by atoms with Gasteiger partial charge < -0.3 is 0 Å². The summed E-state index contributed by atoms with van der Waals surface area (Å²) < 4.78 is 0. The van der Waals surface area contributed by atoms with Gasteiger partial charge in [0.25, 0.3) is 0 Å². The second-order valence-electron chi connectivity index (χ2n) is 5.43. The van der Waals surface area contributed by atoms with E-state index in [2.05, 4.69) is 24.2 Å². The van der Waals surface area contributed by atoms with Crippen LogP contribution < -0.4 is 5.32 Å². The van der Waals surface area contributed by atoms with Gasteiger partial charge in [0.1, 0.15) is 5.84 Å². The molecule has 1 unspecified atom stereocenters. The highest BCUT2D eigenvalue weighted by molar-refractivity contribution is 5.86. The average Bonchev–Trinajstić information content (AvgIpc) is 2.90. The number of rotatable bonds is 11. The van der Waals surface area contributed by atoms with Crippen LogP contribution in [0.3, 0.4) is 0 Å². The molecule has 0 saturated carbocycles. The Labute approximate surface area is 113 Å². The van der Waals surface area contributed by atoms with Crippen LogP contribution in [0.5, 0.6) is 0 Å². The molecule has 2 heteroatoms. The molecule has 0 aromatic rings. The Morgan fingerprint density at radius 3 is 2.06 bits per heavy atom. The smallest absolute Gasteiger partial charge is 0.131 e. The maximum atomic E-state index is 4.26. The fourth-order valence-corrected chi connectivity index (χ4v) is 2.40. The molecule has 0 bridgehead atoms. The van der Waals surface area contributed by atoms with Crippen molar-refractivity contribution in [3.05, 3.63) is 12.4 Å². The second kappa shape index (κ2) is 10.2. The lowest BCUT2D eigenvalue weighted by Gasteiger charge is -2.09. The largest absolute Gasteiger partial charge is 0.240 e. The first-order chi connectivity index (χ1) is 8.84. The van der Waals surface area contributed by atoms with Crippen LogP contribution in [0.1, 0.15) is 78.1 Å². The Hall–Kier alpha value is -0.790. The Morgan fingerprint density at radius 2 is 1.50 bits per heavy atom. The van der Waals surface area contributed by atoms with Crippen LogP contribution in [0, 0.1) is 5.92 Å². The number of nitrogens with zero attached hydrogens (tertiary/aromatic N) is 2. The molecule has 0 N–H and O–H groups in total. The van der Waals surface area contributed by atoms with Crippen molar-refractivity contribution in [1.29, 1.82) is 0 Å². The van der Waals surface area contributed by atoms with Crippen molar-refractivity contribution in [3.63, 3.8) is 0 Å². The van der Waals surface area contributed by atoms with Gasteiger partial charge in [-0.15, -0.1) is 0 Å². The number of unbranched alkanes of at least 4 members (excludes halogenated alkanes) is 8. The fourth-order valence-electron chi connectivity index (χ4n) is 2.40. The zero-order valence-electron chi connectivity index (χ0n) is 12.2. The summed E-state index contributed by atoms with van der Waals surface area (Å²) in [5.41, 5.74) is 0. The highest BCUT2D eigenvalue weighted by Crippen LogP contribution is 2.15. The standard InChI is InChI=1S/C16H29N2/c1-3-4-5-6-7-8-9-10-11-12-15(2)16-17-13-14-18-16/h13-15H,3-12H2,1-2H3. The van der Waals surface area contributed by atoms with Crippen molar-refractivity contribution in [2.45, 2.75) is 78.1 Å². The lowest BCUT2D eigenvalue weighted by atomic mass is 10.0. The molecular weight excluding hydrogens is 220 g/mol. The van der Waals surface area contributed by atoms with Crippen LogP contribution in [-0.4, -0.2) is 5.84 Å². The highest BCUT2D eigenvalue weighted by atomic mass is 15.0. The van der Waals surface area contributed by atoms with Gasteiger partial charge in [0.2, 0.25) is 0 Å². The van der Waals surface area contributed by atoms with Gasteiger partial charge in [-0.05, 0) is 6.42 Å². The van der Waals surface area contributed by atoms with Gasteiger partial charge in [0, 0.05) is 18.3 Å². The molecule has 0 spiro atoms. The topological polar surface area (TPSA) is 26.5 Å². The first kappa shape index (κ1) is 15.3. The molecule has 0 amide bonds. The van der Waals surface area contributed by atoms with Crippen molar-refractivity contribution >= 4 is 5.84 Å². The zero-order chi connectivity index (χ0) is 13.1. The third kappa shape index (κ3) is 6.83. The van der Waals surface area contributed by atoms with E-state index in [4.69, 9.17) is 0 Å². The molecule has 103 valence electrons. The minimum Gasteiger partial charge on any atom is -0.240 e. The SMILES string of the molecule is CCCCCCCCCCCC(C)C1=NC=C[N]1. The summed E-state index contributed by atoms with van der Waals surface area (Å²) in [6.07, 6.45) is 17.4. The predicted molar refractivity (Wildman–Crippen MR) is 79.7 cm³/mol. The predicted octanol–water partition coefficient (Wildman–Crippen LogP) is 5.03. The van der Waals surface area contributed by atoms with E-state index in [9.17, 15) is 0 Å². The normalized spacial score (nSPS) is 15.6. The van der Waals surface area contributed by atoms with E-state index in [1.54, 1.807) is 12.4 Å². The van der Waals surface area contributed by atoms with E-state index in [-0.39, 0.29) is 0 Å². The first-order valence-corrected chi connectivity index (χ1v) is 7.78. The zero-order valence-corrected chi connectivity index (χ0v) is 12.2. The van der Waals surface area contributed by atoms with Gasteiger partial charge in [-0.2, -0.15) is 0 Å². The van der Waals surface area contributed by atoms with E-state index in [0.29, 0.717) is 5.92 Å². The summed E-state index contributed by atoms with van der Waals surface area (Å²) in [5, 5.41) is 4.26. The molecule has 0 aliphatic carbocycles. The second-order valence-corrected chi connectivity index (χ2v) is 5.43. The van der Waals surface area contributed by atoms with Gasteiger partial charge in [-0.25, -0.2) is 10.3 Å². The summed E-state index contributed by atoms with van der Waals surface area (Å²) >= 11 is 0. The minimum atomic E-state index is 0.532. The van der Waals surface area contributed by atoms with Crippen LogP contribution in [-0.2, 0) is 0 Å². The van der Waals surface area contributed by atoms with Crippen molar-refractivity contribution in [2.24, 2.45) is 10.9 Å². The fraction of sp³-hybridized carbons (Fsp3) is 0.812. The number of aliphatic imine (C=N–C) groups is 1. The van der Waals surface area contributed by atoms with Gasteiger partial charge in [0.15, 0.2) is 0 Å². The molecule has 0 fully saturated rings. The Morgan fingerprint density at radius 1 is 0.889 bits per heavy atom. The molecular formula is C16H29N2. The summed E-state index contributed by atoms with van der Waals surface area (Å²) in [6.45, 7) is 4.51. The van der Waals surface area contributed by atoms with Crippen LogP contribution in [0.15, 0.2) is 17.4 Å². The molecule has 0 saturated heterocycles. The molecule has 0 aromatic carbocycles. The molecule has 1 rings (SSSR count). The monoisotopic (exact) mass is 249 g/mol. The van der Waals surface area contributed by atoms with Crippen LogP contribution in [0.4, 0.5) is 0 Å². The maximum absolute atomic E-state index is 4.26. The molecule has 1 atom stereocenters. The lowest BCUT2D eigenvalue weighted by molar-refractivity contribution is 0.536. The van der Waals surface area contributed by atoms with Gasteiger partial charge in [-0.3, -0.25) is 0 Å². The van der Waals surface area contributed by atoms with Crippen molar-refractivity contribution in [2.75, 3.05) is 0 Å². The van der Waals surface area contributed by atoms with Crippen molar-refractivity contribution in [3.8, 4) is 0 Å². The molecule has 18 heavy (non-hydrogen) atoms. The van der Waals surface area contributed by atoms with Crippen LogP contribution in [0.2, 0.25) is 0 Å². The van der Waals surface area contributed by atoms with E-state index in [0.717, 1.165) is 5.84 Å². The average molecular weight is 249 g/mol. The minimum absolute atomic E-state index is 0.532. The lowest BCUT2D eigenvalue weighted by Crippen LogP contribution is -2.16.